The van der Waals surface area contributed by atoms with E-state index in [1.54, 1.807) is 35.2 Å². The fourth-order valence-corrected chi connectivity index (χ4v) is 4.51. The van der Waals surface area contributed by atoms with Crippen LogP contribution in [0.5, 0.6) is 0 Å². The highest BCUT2D eigenvalue weighted by Gasteiger charge is 2.31. The van der Waals surface area contributed by atoms with Crippen LogP contribution < -0.4 is 0 Å². The fourth-order valence-electron chi connectivity index (χ4n) is 3.55. The monoisotopic (exact) mass is 433 g/mol. The molecule has 0 aliphatic carbocycles. The molecule has 0 spiro atoms. The number of nitrogens with zero attached hydrogens (tertiary/aromatic N) is 5. The Bertz CT molecular complexity index is 968. The second-order valence-electron chi connectivity index (χ2n) is 7.18. The van der Waals surface area contributed by atoms with Crippen LogP contribution in [-0.2, 0) is 6.18 Å². The largest absolute Gasteiger partial charge is 0.416 e. The van der Waals surface area contributed by atoms with E-state index in [1.807, 2.05) is 0 Å². The van der Waals surface area contributed by atoms with Gasteiger partial charge in [0, 0.05) is 30.3 Å². The Balaban J connectivity index is 1.65. The Morgan fingerprint density at radius 3 is 2.47 bits per heavy atom. The maximum absolute atomic E-state index is 13.3. The van der Waals surface area contributed by atoms with Gasteiger partial charge in [-0.25, -0.2) is 0 Å². The number of hydrogen-bond acceptors (Lipinski definition) is 5. The Kier molecular flexibility index (Phi) is 6.38. The molecule has 0 radical (unpaired) electrons. The van der Waals surface area contributed by atoms with E-state index in [2.05, 4.69) is 20.1 Å². The normalized spacial score (nSPS) is 15.4. The summed E-state index contributed by atoms with van der Waals surface area (Å²) in [5.41, 5.74) is 0.443. The van der Waals surface area contributed by atoms with Crippen molar-refractivity contribution in [1.29, 1.82) is 0 Å². The number of alkyl halides is 3. The first-order valence-electron chi connectivity index (χ1n) is 9.91. The van der Waals surface area contributed by atoms with Gasteiger partial charge in [0.2, 0.25) is 0 Å². The summed E-state index contributed by atoms with van der Waals surface area (Å²) >= 11 is 1.52. The van der Waals surface area contributed by atoms with Gasteiger partial charge in [0.25, 0.3) is 0 Å². The number of thioether (sulfide) groups is 1. The summed E-state index contributed by atoms with van der Waals surface area (Å²) in [6, 6.07) is 8.83. The number of aromatic nitrogens is 4. The van der Waals surface area contributed by atoms with Crippen LogP contribution in [0.4, 0.5) is 13.2 Å². The molecule has 0 unspecified atom stereocenters. The van der Waals surface area contributed by atoms with Gasteiger partial charge in [0.05, 0.1) is 11.3 Å². The second-order valence-corrected chi connectivity index (χ2v) is 8.24. The van der Waals surface area contributed by atoms with Gasteiger partial charge in [-0.1, -0.05) is 24.2 Å². The molecule has 1 aromatic carbocycles. The number of likely N-dealkylation sites (tertiary alicyclic amines) is 1. The molecule has 0 saturated carbocycles. The highest BCUT2D eigenvalue weighted by molar-refractivity contribution is 7.99. The maximum atomic E-state index is 13.3. The van der Waals surface area contributed by atoms with Crippen molar-refractivity contribution in [2.45, 2.75) is 30.6 Å². The number of piperidine rings is 1. The molecule has 30 heavy (non-hydrogen) atoms. The molecule has 158 valence electrons. The first-order valence-corrected chi connectivity index (χ1v) is 10.9. The molecule has 1 fully saturated rings. The van der Waals surface area contributed by atoms with Gasteiger partial charge >= 0.3 is 6.18 Å². The lowest BCUT2D eigenvalue weighted by molar-refractivity contribution is -0.137. The Labute approximate surface area is 177 Å². The first kappa shape index (κ1) is 20.9. The van der Waals surface area contributed by atoms with E-state index in [0.717, 1.165) is 43.1 Å². The molecule has 1 aliphatic heterocycles. The Morgan fingerprint density at radius 2 is 1.73 bits per heavy atom. The predicted molar refractivity (Wildman–Crippen MR) is 111 cm³/mol. The summed E-state index contributed by atoms with van der Waals surface area (Å²) in [5.74, 6) is 1.30. The van der Waals surface area contributed by atoms with Gasteiger partial charge in [-0.05, 0) is 56.3 Å². The number of halogens is 3. The predicted octanol–water partition coefficient (Wildman–Crippen LogP) is 4.93. The van der Waals surface area contributed by atoms with Crippen molar-refractivity contribution in [3.8, 4) is 17.1 Å². The van der Waals surface area contributed by atoms with Gasteiger partial charge in [-0.15, -0.1) is 10.2 Å². The smallest absolute Gasteiger partial charge is 0.303 e. The SMILES string of the molecule is FC(F)(F)c1cccc(-n2c(SCCN3CCCCC3)nnc2-c2ccncc2)c1. The zero-order valence-electron chi connectivity index (χ0n) is 16.3. The molecule has 3 heterocycles. The van der Waals surface area contributed by atoms with E-state index in [4.69, 9.17) is 0 Å². The minimum absolute atomic E-state index is 0.391. The van der Waals surface area contributed by atoms with Crippen LogP contribution in [-0.4, -0.2) is 50.0 Å². The number of benzene rings is 1. The highest BCUT2D eigenvalue weighted by Crippen LogP contribution is 2.33. The topological polar surface area (TPSA) is 46.8 Å². The van der Waals surface area contributed by atoms with Crippen molar-refractivity contribution in [2.75, 3.05) is 25.4 Å². The molecular formula is C21H22F3N5S. The van der Waals surface area contributed by atoms with E-state index < -0.39 is 11.7 Å². The lowest BCUT2D eigenvalue weighted by Gasteiger charge is -2.25. The molecule has 3 aromatic rings. The van der Waals surface area contributed by atoms with Crippen molar-refractivity contribution in [1.82, 2.24) is 24.6 Å². The summed E-state index contributed by atoms with van der Waals surface area (Å²) in [6.07, 6.45) is 2.56. The van der Waals surface area contributed by atoms with Crippen LogP contribution in [0.1, 0.15) is 24.8 Å². The molecule has 0 N–H and O–H groups in total. The third-order valence-corrected chi connectivity index (χ3v) is 6.00. The van der Waals surface area contributed by atoms with E-state index in [1.165, 1.54) is 37.1 Å². The van der Waals surface area contributed by atoms with Gasteiger partial charge in [0.15, 0.2) is 11.0 Å². The average molecular weight is 434 g/mol. The average Bonchev–Trinajstić information content (AvgIpc) is 3.18. The van der Waals surface area contributed by atoms with E-state index in [9.17, 15) is 13.2 Å². The molecular weight excluding hydrogens is 411 g/mol. The van der Waals surface area contributed by atoms with E-state index in [-0.39, 0.29) is 0 Å². The van der Waals surface area contributed by atoms with Crippen molar-refractivity contribution >= 4 is 11.8 Å². The van der Waals surface area contributed by atoms with Crippen molar-refractivity contribution in [3.05, 3.63) is 54.4 Å². The van der Waals surface area contributed by atoms with Crippen molar-refractivity contribution < 1.29 is 13.2 Å². The van der Waals surface area contributed by atoms with Crippen LogP contribution in [0.15, 0.2) is 53.9 Å². The molecule has 0 bridgehead atoms. The summed E-state index contributed by atoms with van der Waals surface area (Å²) in [5, 5.41) is 9.17. The van der Waals surface area contributed by atoms with Gasteiger partial charge in [-0.2, -0.15) is 13.2 Å². The van der Waals surface area contributed by atoms with Gasteiger partial charge < -0.3 is 4.90 Å². The van der Waals surface area contributed by atoms with E-state index >= 15 is 0 Å². The third-order valence-electron chi connectivity index (χ3n) is 5.09. The van der Waals surface area contributed by atoms with Crippen molar-refractivity contribution in [3.63, 3.8) is 0 Å². The molecule has 9 heteroatoms. The lowest BCUT2D eigenvalue weighted by atomic mass is 10.1. The Morgan fingerprint density at radius 1 is 0.967 bits per heavy atom. The zero-order valence-corrected chi connectivity index (χ0v) is 17.2. The number of pyridine rings is 1. The zero-order chi connectivity index (χ0) is 21.0. The number of hydrogen-bond donors (Lipinski definition) is 0. The van der Waals surface area contributed by atoms with Crippen LogP contribution in [0.3, 0.4) is 0 Å². The standard InChI is InChI=1S/C21H22F3N5S/c22-21(23,24)17-5-4-6-18(15-17)29-19(16-7-9-25-10-8-16)26-27-20(29)30-14-13-28-11-2-1-3-12-28/h4-10,15H,1-3,11-14H2. The second kappa shape index (κ2) is 9.18. The minimum atomic E-state index is -4.41. The lowest BCUT2D eigenvalue weighted by Crippen LogP contribution is -2.31. The Hall–Kier alpha value is -2.39. The third kappa shape index (κ3) is 4.84. The van der Waals surface area contributed by atoms with Crippen LogP contribution >= 0.6 is 11.8 Å². The van der Waals surface area contributed by atoms with Gasteiger partial charge in [-0.3, -0.25) is 9.55 Å². The van der Waals surface area contributed by atoms with Crippen LogP contribution in [0, 0.1) is 0 Å². The molecule has 4 rings (SSSR count). The first-order chi connectivity index (χ1) is 14.5. The van der Waals surface area contributed by atoms with Crippen molar-refractivity contribution in [2.24, 2.45) is 0 Å². The quantitative estimate of drug-likeness (QED) is 0.516. The maximum Gasteiger partial charge on any atom is 0.416 e. The fraction of sp³-hybridized carbons (Fsp3) is 0.381. The molecule has 5 nitrogen and oxygen atoms in total. The molecule has 2 aromatic heterocycles. The summed E-state index contributed by atoms with van der Waals surface area (Å²) < 4.78 is 41.5. The van der Waals surface area contributed by atoms with Crippen LogP contribution in [0.2, 0.25) is 0 Å². The molecule has 0 atom stereocenters. The summed E-state index contributed by atoms with van der Waals surface area (Å²) in [4.78, 5) is 6.43. The highest BCUT2D eigenvalue weighted by atomic mass is 32.2. The summed E-state index contributed by atoms with van der Waals surface area (Å²) in [6.45, 7) is 3.12. The molecule has 1 saturated heterocycles. The molecule has 1 aliphatic rings. The minimum Gasteiger partial charge on any atom is -0.303 e. The summed E-state index contributed by atoms with van der Waals surface area (Å²) in [7, 11) is 0. The van der Waals surface area contributed by atoms with Crippen LogP contribution in [0.25, 0.3) is 17.1 Å². The van der Waals surface area contributed by atoms with Gasteiger partial charge in [0.1, 0.15) is 0 Å². The number of rotatable bonds is 6. The molecule has 0 amide bonds. The van der Waals surface area contributed by atoms with E-state index in [0.29, 0.717) is 16.7 Å².